The molecule has 5 heterocycles. The van der Waals surface area contributed by atoms with Crippen LogP contribution in [0.1, 0.15) is 18.5 Å². The van der Waals surface area contributed by atoms with Gasteiger partial charge in [0.25, 0.3) is 5.78 Å². The van der Waals surface area contributed by atoms with Crippen LogP contribution in [-0.4, -0.2) is 47.6 Å². The molecule has 0 aromatic carbocycles. The van der Waals surface area contributed by atoms with Gasteiger partial charge in [-0.15, -0.1) is 5.10 Å². The van der Waals surface area contributed by atoms with Crippen LogP contribution in [-0.2, 0) is 0 Å². The Morgan fingerprint density at radius 1 is 0.963 bits per heavy atom. The van der Waals surface area contributed by atoms with Crippen LogP contribution in [0.3, 0.4) is 0 Å². The molecule has 1 aliphatic heterocycles. The first-order valence-electron chi connectivity index (χ1n) is 9.01. The van der Waals surface area contributed by atoms with Gasteiger partial charge in [-0.1, -0.05) is 0 Å². The number of fused-ring (bicyclic) bond motifs is 1. The summed E-state index contributed by atoms with van der Waals surface area (Å²) in [6, 6.07) is 5.71. The summed E-state index contributed by atoms with van der Waals surface area (Å²) in [7, 11) is 0. The fourth-order valence-corrected chi connectivity index (χ4v) is 3.38. The minimum Gasteiger partial charge on any atom is -0.341 e. The fourth-order valence-electron chi connectivity index (χ4n) is 3.38. The highest BCUT2D eigenvalue weighted by Gasteiger charge is 2.17. The first-order chi connectivity index (χ1) is 13.3. The molecule has 0 saturated carbocycles. The number of pyridine rings is 1. The molecule has 0 atom stereocenters. The van der Waals surface area contributed by atoms with Crippen molar-refractivity contribution < 1.29 is 0 Å². The van der Waals surface area contributed by atoms with Crippen LogP contribution in [0.25, 0.3) is 28.4 Å². The van der Waals surface area contributed by atoms with E-state index in [1.165, 1.54) is 12.8 Å². The van der Waals surface area contributed by atoms with Crippen LogP contribution in [0.5, 0.6) is 0 Å². The van der Waals surface area contributed by atoms with Gasteiger partial charge in [-0.25, -0.2) is 19.5 Å². The number of hydrogen-bond acceptors (Lipinski definition) is 7. The van der Waals surface area contributed by atoms with Gasteiger partial charge in [0.2, 0.25) is 5.95 Å². The van der Waals surface area contributed by atoms with Crippen molar-refractivity contribution in [2.75, 3.05) is 18.0 Å². The SMILES string of the molecule is Cc1c(-c2ccnc(N3CCCC3)n2)cnc2nc(-c3cccnc3)nn12. The Kier molecular flexibility index (Phi) is 3.74. The summed E-state index contributed by atoms with van der Waals surface area (Å²) in [6.07, 6.45) is 9.47. The summed E-state index contributed by atoms with van der Waals surface area (Å²) >= 11 is 0. The van der Waals surface area contributed by atoms with Gasteiger partial charge in [0.05, 0.1) is 11.4 Å². The van der Waals surface area contributed by atoms with Crippen LogP contribution in [0.15, 0.2) is 43.0 Å². The summed E-state index contributed by atoms with van der Waals surface area (Å²) < 4.78 is 1.76. The molecular weight excluding hydrogens is 340 g/mol. The van der Waals surface area contributed by atoms with Crippen molar-refractivity contribution in [1.82, 2.24) is 34.5 Å². The predicted molar refractivity (Wildman–Crippen MR) is 101 cm³/mol. The lowest BCUT2D eigenvalue weighted by Gasteiger charge is -2.15. The van der Waals surface area contributed by atoms with Crippen molar-refractivity contribution in [2.45, 2.75) is 19.8 Å². The van der Waals surface area contributed by atoms with Crippen LogP contribution in [0.4, 0.5) is 5.95 Å². The zero-order valence-corrected chi connectivity index (χ0v) is 14.9. The van der Waals surface area contributed by atoms with Gasteiger partial charge in [-0.05, 0) is 38.0 Å². The predicted octanol–water partition coefficient (Wildman–Crippen LogP) is 2.55. The molecule has 27 heavy (non-hydrogen) atoms. The first-order valence-corrected chi connectivity index (χ1v) is 9.01. The Balaban J connectivity index is 1.58. The maximum absolute atomic E-state index is 4.76. The molecule has 4 aromatic rings. The molecular formula is C19H18N8. The molecule has 8 nitrogen and oxygen atoms in total. The molecule has 0 N–H and O–H groups in total. The second kappa shape index (κ2) is 6.39. The zero-order valence-electron chi connectivity index (χ0n) is 14.9. The number of nitrogens with zero attached hydrogens (tertiary/aromatic N) is 8. The summed E-state index contributed by atoms with van der Waals surface area (Å²) in [5.74, 6) is 1.94. The van der Waals surface area contributed by atoms with Gasteiger partial charge in [-0.2, -0.15) is 4.98 Å². The quantitative estimate of drug-likeness (QED) is 0.556. The number of rotatable bonds is 3. The lowest BCUT2D eigenvalue weighted by Crippen LogP contribution is -2.20. The van der Waals surface area contributed by atoms with E-state index >= 15 is 0 Å². The second-order valence-corrected chi connectivity index (χ2v) is 6.58. The van der Waals surface area contributed by atoms with Gasteiger partial charge < -0.3 is 4.90 Å². The molecule has 4 aromatic heterocycles. The van der Waals surface area contributed by atoms with Crippen LogP contribution in [0.2, 0.25) is 0 Å². The van der Waals surface area contributed by atoms with Gasteiger partial charge >= 0.3 is 0 Å². The lowest BCUT2D eigenvalue weighted by atomic mass is 10.2. The van der Waals surface area contributed by atoms with Crippen molar-refractivity contribution in [3.8, 4) is 22.6 Å². The summed E-state index contributed by atoms with van der Waals surface area (Å²) in [6.45, 7) is 4.03. The smallest absolute Gasteiger partial charge is 0.252 e. The molecule has 0 radical (unpaired) electrons. The molecule has 0 amide bonds. The average Bonchev–Trinajstić information content (AvgIpc) is 3.40. The highest BCUT2D eigenvalue weighted by molar-refractivity contribution is 5.64. The van der Waals surface area contributed by atoms with Crippen molar-refractivity contribution in [3.05, 3.63) is 48.7 Å². The van der Waals surface area contributed by atoms with E-state index in [2.05, 4.69) is 29.9 Å². The average molecular weight is 358 g/mol. The molecule has 0 spiro atoms. The van der Waals surface area contributed by atoms with E-state index in [1.807, 2.05) is 37.5 Å². The third-order valence-electron chi connectivity index (χ3n) is 4.83. The minimum absolute atomic E-state index is 0.559. The topological polar surface area (TPSA) is 85.0 Å². The Morgan fingerprint density at radius 2 is 1.85 bits per heavy atom. The lowest BCUT2D eigenvalue weighted by molar-refractivity contribution is 0.887. The summed E-state index contributed by atoms with van der Waals surface area (Å²) in [5, 5.41) is 4.62. The van der Waals surface area contributed by atoms with Crippen molar-refractivity contribution in [2.24, 2.45) is 0 Å². The molecule has 1 saturated heterocycles. The normalized spacial score (nSPS) is 14.2. The Labute approximate surface area is 156 Å². The van der Waals surface area contributed by atoms with Gasteiger partial charge in [-0.3, -0.25) is 4.98 Å². The summed E-state index contributed by atoms with van der Waals surface area (Å²) in [5.41, 5.74) is 3.57. The van der Waals surface area contributed by atoms with Crippen LogP contribution in [0, 0.1) is 6.92 Å². The van der Waals surface area contributed by atoms with Crippen LogP contribution >= 0.6 is 0 Å². The van der Waals surface area contributed by atoms with Gasteiger partial charge in [0, 0.05) is 49.0 Å². The second-order valence-electron chi connectivity index (χ2n) is 6.58. The number of hydrogen-bond donors (Lipinski definition) is 0. The van der Waals surface area contributed by atoms with Crippen molar-refractivity contribution in [1.29, 1.82) is 0 Å². The molecule has 134 valence electrons. The van der Waals surface area contributed by atoms with Gasteiger partial charge in [0.1, 0.15) is 0 Å². The van der Waals surface area contributed by atoms with E-state index in [4.69, 9.17) is 4.98 Å². The molecule has 1 aliphatic rings. The Hall–Kier alpha value is -3.42. The highest BCUT2D eigenvalue weighted by atomic mass is 15.3. The molecule has 5 rings (SSSR count). The standard InChI is InChI=1S/C19H18N8/c1-13-15(16-6-8-21-18(23-16)26-9-2-3-10-26)12-22-19-24-17(25-27(13)19)14-5-4-7-20-11-14/h4-8,11-12H,2-3,9-10H2,1H3. The maximum Gasteiger partial charge on any atom is 0.252 e. The summed E-state index contributed by atoms with van der Waals surface area (Å²) in [4.78, 5) is 24.6. The van der Waals surface area contributed by atoms with Crippen molar-refractivity contribution >= 4 is 11.7 Å². The van der Waals surface area contributed by atoms with Gasteiger partial charge in [0.15, 0.2) is 5.82 Å². The molecule has 0 aliphatic carbocycles. The van der Waals surface area contributed by atoms with E-state index < -0.39 is 0 Å². The Morgan fingerprint density at radius 3 is 2.67 bits per heavy atom. The zero-order chi connectivity index (χ0) is 18.2. The van der Waals surface area contributed by atoms with Crippen LogP contribution < -0.4 is 4.90 Å². The van der Waals surface area contributed by atoms with E-state index in [1.54, 1.807) is 16.9 Å². The van der Waals surface area contributed by atoms with E-state index in [-0.39, 0.29) is 0 Å². The maximum atomic E-state index is 4.76. The number of aromatic nitrogens is 7. The third-order valence-corrected chi connectivity index (χ3v) is 4.83. The highest BCUT2D eigenvalue weighted by Crippen LogP contribution is 2.24. The molecule has 8 heteroatoms. The minimum atomic E-state index is 0.559. The Bertz CT molecular complexity index is 1100. The molecule has 0 unspecified atom stereocenters. The van der Waals surface area contributed by atoms with E-state index in [9.17, 15) is 0 Å². The fraction of sp³-hybridized carbons (Fsp3) is 0.263. The van der Waals surface area contributed by atoms with E-state index in [0.29, 0.717) is 11.6 Å². The van der Waals surface area contributed by atoms with Crippen molar-refractivity contribution in [3.63, 3.8) is 0 Å². The number of aryl methyl sites for hydroxylation is 1. The molecule has 0 bridgehead atoms. The third kappa shape index (κ3) is 2.79. The number of anilines is 1. The first kappa shape index (κ1) is 15.8. The molecule has 1 fully saturated rings. The van der Waals surface area contributed by atoms with E-state index in [0.717, 1.165) is 41.6 Å². The monoisotopic (exact) mass is 358 g/mol. The largest absolute Gasteiger partial charge is 0.341 e.